The molecule has 0 spiro atoms. The maximum Gasteiger partial charge on any atom is 0.171 e. The second-order valence-corrected chi connectivity index (χ2v) is 4.31. The summed E-state index contributed by atoms with van der Waals surface area (Å²) in [6, 6.07) is 5.88. The quantitative estimate of drug-likeness (QED) is 0.899. The molecule has 2 aromatic rings. The van der Waals surface area contributed by atoms with E-state index in [4.69, 9.17) is 5.73 Å². The van der Waals surface area contributed by atoms with Crippen LogP contribution in [0.2, 0.25) is 0 Å². The molecule has 98 valence electrons. The molecule has 0 radical (unpaired) electrons. The summed E-state index contributed by atoms with van der Waals surface area (Å²) in [4.78, 5) is 6.11. The number of aryl methyl sites for hydroxylation is 1. The molecule has 19 heavy (non-hydrogen) atoms. The largest absolute Gasteiger partial charge is 0.382 e. The molecule has 0 fully saturated rings. The fourth-order valence-electron chi connectivity index (χ4n) is 1.75. The van der Waals surface area contributed by atoms with E-state index in [2.05, 4.69) is 16.2 Å². The topological polar surface area (TPSA) is 83.8 Å². The van der Waals surface area contributed by atoms with Crippen LogP contribution in [0.15, 0.2) is 18.3 Å². The van der Waals surface area contributed by atoms with Gasteiger partial charge in [0.1, 0.15) is 17.5 Å². The Kier molecular flexibility index (Phi) is 3.38. The lowest BCUT2D eigenvalue weighted by atomic mass is 10.3. The number of hydrogen-bond donors (Lipinski definition) is 1. The number of nitriles is 1. The molecule has 6 heteroatoms. The van der Waals surface area contributed by atoms with Crippen LogP contribution in [0.25, 0.3) is 5.82 Å². The van der Waals surface area contributed by atoms with Crippen molar-refractivity contribution in [1.82, 2.24) is 14.8 Å². The lowest BCUT2D eigenvalue weighted by Crippen LogP contribution is -2.17. The van der Waals surface area contributed by atoms with E-state index in [-0.39, 0.29) is 0 Å². The molecule has 0 saturated heterocycles. The first-order valence-corrected chi connectivity index (χ1v) is 6.01. The second-order valence-electron chi connectivity index (χ2n) is 4.31. The smallest absolute Gasteiger partial charge is 0.171 e. The predicted octanol–water partition coefficient (Wildman–Crippen LogP) is 1.49. The third-order valence-electron chi connectivity index (χ3n) is 2.97. The van der Waals surface area contributed by atoms with Crippen molar-refractivity contribution < 1.29 is 0 Å². The minimum Gasteiger partial charge on any atom is -0.382 e. The molecular weight excluding hydrogens is 240 g/mol. The Bertz CT molecular complexity index is 637. The van der Waals surface area contributed by atoms with Crippen LogP contribution in [-0.2, 0) is 0 Å². The summed E-state index contributed by atoms with van der Waals surface area (Å²) >= 11 is 0. The van der Waals surface area contributed by atoms with Gasteiger partial charge in [0.25, 0.3) is 0 Å². The van der Waals surface area contributed by atoms with Crippen molar-refractivity contribution in [1.29, 1.82) is 5.26 Å². The zero-order valence-electron chi connectivity index (χ0n) is 11.3. The number of hydrogen-bond acceptors (Lipinski definition) is 5. The molecule has 2 N–H and O–H groups in total. The van der Waals surface area contributed by atoms with Crippen LogP contribution in [0.1, 0.15) is 18.1 Å². The normalized spacial score (nSPS) is 10.2. The SMILES string of the molecule is CCN(C)c1nn(-c2cc(C)ccn2)c(N)c1C#N. The van der Waals surface area contributed by atoms with Gasteiger partial charge >= 0.3 is 0 Å². The van der Waals surface area contributed by atoms with Crippen LogP contribution in [0, 0.1) is 18.3 Å². The Hall–Kier alpha value is -2.55. The van der Waals surface area contributed by atoms with E-state index in [9.17, 15) is 5.26 Å². The third-order valence-corrected chi connectivity index (χ3v) is 2.97. The number of rotatable bonds is 3. The van der Waals surface area contributed by atoms with Crippen LogP contribution in [-0.4, -0.2) is 28.4 Å². The highest BCUT2D eigenvalue weighted by molar-refractivity contribution is 5.66. The summed E-state index contributed by atoms with van der Waals surface area (Å²) in [6.45, 7) is 4.70. The average Bonchev–Trinajstić information content (AvgIpc) is 2.74. The summed E-state index contributed by atoms with van der Waals surface area (Å²) in [5.41, 5.74) is 7.44. The number of nitrogen functional groups attached to an aromatic ring is 1. The van der Waals surface area contributed by atoms with Crippen LogP contribution in [0.3, 0.4) is 0 Å². The van der Waals surface area contributed by atoms with Gasteiger partial charge in [-0.05, 0) is 31.5 Å². The molecule has 0 saturated carbocycles. The highest BCUT2D eigenvalue weighted by atomic mass is 15.4. The predicted molar refractivity (Wildman–Crippen MR) is 74.2 cm³/mol. The van der Waals surface area contributed by atoms with E-state index in [1.165, 1.54) is 4.68 Å². The van der Waals surface area contributed by atoms with Crippen LogP contribution < -0.4 is 10.6 Å². The number of aromatic nitrogens is 3. The second kappa shape index (κ2) is 4.98. The third kappa shape index (κ3) is 2.22. The van der Waals surface area contributed by atoms with Crippen LogP contribution in [0.4, 0.5) is 11.6 Å². The standard InChI is InChI=1S/C13H16N6/c1-4-18(3)13-10(8-14)12(15)19(17-13)11-7-9(2)5-6-16-11/h5-7H,4,15H2,1-3H3. The summed E-state index contributed by atoms with van der Waals surface area (Å²) in [6.07, 6.45) is 1.70. The zero-order valence-corrected chi connectivity index (χ0v) is 11.3. The summed E-state index contributed by atoms with van der Waals surface area (Å²) in [7, 11) is 1.87. The van der Waals surface area contributed by atoms with E-state index in [1.54, 1.807) is 6.20 Å². The van der Waals surface area contributed by atoms with Gasteiger partial charge in [0, 0.05) is 19.8 Å². The van der Waals surface area contributed by atoms with Crippen molar-refractivity contribution >= 4 is 11.6 Å². The minimum absolute atomic E-state index is 0.316. The molecule has 2 aromatic heterocycles. The van der Waals surface area contributed by atoms with Gasteiger partial charge in [0.2, 0.25) is 0 Å². The molecule has 0 atom stereocenters. The van der Waals surface area contributed by atoms with E-state index in [0.717, 1.165) is 12.1 Å². The van der Waals surface area contributed by atoms with E-state index in [1.807, 2.05) is 37.9 Å². The highest BCUT2D eigenvalue weighted by Crippen LogP contribution is 2.25. The summed E-state index contributed by atoms with van der Waals surface area (Å²) in [5, 5.41) is 13.6. The first-order valence-electron chi connectivity index (χ1n) is 6.01. The molecule has 0 bridgehead atoms. The molecule has 2 rings (SSSR count). The first kappa shape index (κ1) is 12.9. The van der Waals surface area contributed by atoms with Crippen molar-refractivity contribution in [3.8, 4) is 11.9 Å². The van der Waals surface area contributed by atoms with Gasteiger partial charge in [-0.2, -0.15) is 9.94 Å². The Balaban J connectivity index is 2.60. The van der Waals surface area contributed by atoms with Crippen molar-refractivity contribution in [2.24, 2.45) is 0 Å². The van der Waals surface area contributed by atoms with E-state index in [0.29, 0.717) is 23.0 Å². The van der Waals surface area contributed by atoms with Crippen molar-refractivity contribution in [3.63, 3.8) is 0 Å². The zero-order chi connectivity index (χ0) is 14.0. The van der Waals surface area contributed by atoms with Crippen molar-refractivity contribution in [2.75, 3.05) is 24.2 Å². The number of pyridine rings is 1. The maximum atomic E-state index is 9.23. The van der Waals surface area contributed by atoms with E-state index >= 15 is 0 Å². The Morgan fingerprint density at radius 3 is 2.84 bits per heavy atom. The van der Waals surface area contributed by atoms with Gasteiger partial charge in [-0.25, -0.2) is 4.98 Å². The van der Waals surface area contributed by atoms with Crippen molar-refractivity contribution in [2.45, 2.75) is 13.8 Å². The fraction of sp³-hybridized carbons (Fsp3) is 0.308. The van der Waals surface area contributed by atoms with Gasteiger partial charge in [0.05, 0.1) is 0 Å². The number of nitrogens with two attached hydrogens (primary N) is 1. The van der Waals surface area contributed by atoms with Gasteiger partial charge in [0.15, 0.2) is 11.6 Å². The lowest BCUT2D eigenvalue weighted by molar-refractivity contribution is 0.829. The summed E-state index contributed by atoms with van der Waals surface area (Å²) < 4.78 is 1.51. The Morgan fingerprint density at radius 1 is 1.53 bits per heavy atom. The molecule has 0 unspecified atom stereocenters. The molecule has 0 aromatic carbocycles. The Morgan fingerprint density at radius 2 is 2.26 bits per heavy atom. The first-order chi connectivity index (χ1) is 9.08. The number of anilines is 2. The van der Waals surface area contributed by atoms with E-state index < -0.39 is 0 Å². The van der Waals surface area contributed by atoms with Gasteiger partial charge in [-0.3, -0.25) is 0 Å². The molecule has 0 aliphatic carbocycles. The fourth-order valence-corrected chi connectivity index (χ4v) is 1.75. The number of nitrogens with zero attached hydrogens (tertiary/aromatic N) is 5. The molecule has 0 amide bonds. The highest BCUT2D eigenvalue weighted by Gasteiger charge is 2.19. The van der Waals surface area contributed by atoms with Crippen molar-refractivity contribution in [3.05, 3.63) is 29.5 Å². The van der Waals surface area contributed by atoms with Gasteiger partial charge in [-0.15, -0.1) is 5.10 Å². The average molecular weight is 256 g/mol. The van der Waals surface area contributed by atoms with Gasteiger partial charge in [-0.1, -0.05) is 0 Å². The lowest BCUT2D eigenvalue weighted by Gasteiger charge is -2.12. The Labute approximate surface area is 112 Å². The van der Waals surface area contributed by atoms with Gasteiger partial charge < -0.3 is 10.6 Å². The maximum absolute atomic E-state index is 9.23. The monoisotopic (exact) mass is 256 g/mol. The molecule has 0 aliphatic heterocycles. The van der Waals surface area contributed by atoms with Crippen LogP contribution >= 0.6 is 0 Å². The van der Waals surface area contributed by atoms with Crippen LogP contribution in [0.5, 0.6) is 0 Å². The minimum atomic E-state index is 0.316. The molecule has 6 nitrogen and oxygen atoms in total. The summed E-state index contributed by atoms with van der Waals surface area (Å²) in [5.74, 6) is 1.51. The molecule has 2 heterocycles. The molecular formula is C13H16N6. The molecule has 0 aliphatic rings.